The SMILES string of the molecule is CC(C)n1cc(COc2ccc(C(F)(F)F)c3c2[C@@H](CN2Cc4ccccc4C2=O)N(C(=O)C2CCCCC2C(=O)O)CC3)nn1. The lowest BCUT2D eigenvalue weighted by Gasteiger charge is -2.43. The second kappa shape index (κ2) is 12.4. The maximum atomic E-state index is 14.4. The molecule has 3 heterocycles. The molecule has 2 aliphatic heterocycles. The highest BCUT2D eigenvalue weighted by Crippen LogP contribution is 2.46. The standard InChI is InChI=1S/C33H36F3N5O5/c1-19(2)41-16-21(37-38-41)18-46-28-12-11-26(33(34,35)36)25-13-14-40(31(43)23-9-5-6-10-24(23)32(44)45)27(29(25)28)17-39-15-20-7-3-4-8-22(20)30(39)42/h3-4,7-8,11-12,16,19,23-24,27H,5-6,9-10,13-15,17-18H2,1-2H3,(H,44,45)/t23?,24?,27-/m1/s1. The molecule has 0 radical (unpaired) electrons. The average Bonchev–Trinajstić information content (AvgIpc) is 3.63. The van der Waals surface area contributed by atoms with E-state index >= 15 is 0 Å². The third-order valence-electron chi connectivity index (χ3n) is 9.37. The normalized spacial score (nSPS) is 21.3. The predicted molar refractivity (Wildman–Crippen MR) is 159 cm³/mol. The summed E-state index contributed by atoms with van der Waals surface area (Å²) in [6.45, 7) is 3.88. The lowest BCUT2D eigenvalue weighted by Crippen LogP contribution is -2.50. The monoisotopic (exact) mass is 639 g/mol. The topological polar surface area (TPSA) is 118 Å². The number of halogens is 3. The minimum Gasteiger partial charge on any atom is -0.487 e. The van der Waals surface area contributed by atoms with Gasteiger partial charge in [-0.15, -0.1) is 5.10 Å². The Morgan fingerprint density at radius 2 is 1.83 bits per heavy atom. The molecule has 10 nitrogen and oxygen atoms in total. The molecule has 6 rings (SSSR count). The number of hydrogen-bond donors (Lipinski definition) is 1. The summed E-state index contributed by atoms with van der Waals surface area (Å²) in [5.41, 5.74) is 1.12. The van der Waals surface area contributed by atoms with Crippen molar-refractivity contribution >= 4 is 17.8 Å². The number of carbonyl (C=O) groups is 3. The molecule has 2 amide bonds. The summed E-state index contributed by atoms with van der Waals surface area (Å²) < 4.78 is 51.1. The number of carboxylic acid groups (broad SMARTS) is 1. The van der Waals surface area contributed by atoms with Crippen molar-refractivity contribution in [2.45, 2.75) is 77.4 Å². The first-order valence-electron chi connectivity index (χ1n) is 15.6. The third-order valence-corrected chi connectivity index (χ3v) is 9.37. The van der Waals surface area contributed by atoms with Crippen molar-refractivity contribution in [1.29, 1.82) is 0 Å². The summed E-state index contributed by atoms with van der Waals surface area (Å²) in [7, 11) is 0. The van der Waals surface area contributed by atoms with Gasteiger partial charge in [-0.1, -0.05) is 36.3 Å². The van der Waals surface area contributed by atoms with Gasteiger partial charge in [0.05, 0.1) is 29.6 Å². The maximum absolute atomic E-state index is 14.4. The van der Waals surface area contributed by atoms with Gasteiger partial charge in [-0.05, 0) is 62.4 Å². The highest BCUT2D eigenvalue weighted by atomic mass is 19.4. The van der Waals surface area contributed by atoms with Crippen LogP contribution in [0.3, 0.4) is 0 Å². The number of fused-ring (bicyclic) bond motifs is 2. The van der Waals surface area contributed by atoms with Crippen LogP contribution in [0.15, 0.2) is 42.6 Å². The Morgan fingerprint density at radius 3 is 2.50 bits per heavy atom. The third kappa shape index (κ3) is 5.94. The van der Waals surface area contributed by atoms with Crippen LogP contribution in [-0.4, -0.2) is 60.8 Å². The summed E-state index contributed by atoms with van der Waals surface area (Å²) >= 11 is 0. The van der Waals surface area contributed by atoms with Crippen molar-refractivity contribution in [2.75, 3.05) is 13.1 Å². The fourth-order valence-corrected chi connectivity index (χ4v) is 7.06. The second-order valence-electron chi connectivity index (χ2n) is 12.5. The van der Waals surface area contributed by atoms with E-state index in [9.17, 15) is 32.7 Å². The Bertz CT molecular complexity index is 1650. The van der Waals surface area contributed by atoms with Crippen molar-refractivity contribution in [2.24, 2.45) is 11.8 Å². The van der Waals surface area contributed by atoms with E-state index in [1.807, 2.05) is 26.0 Å². The lowest BCUT2D eigenvalue weighted by molar-refractivity contribution is -0.154. The van der Waals surface area contributed by atoms with Gasteiger partial charge in [0.15, 0.2) is 0 Å². The number of rotatable bonds is 8. The number of carboxylic acids is 1. The van der Waals surface area contributed by atoms with E-state index in [0.717, 1.165) is 11.6 Å². The first-order valence-corrected chi connectivity index (χ1v) is 15.6. The van der Waals surface area contributed by atoms with Crippen LogP contribution in [0.4, 0.5) is 13.2 Å². The molecule has 1 N–H and O–H groups in total. The Labute approximate surface area is 264 Å². The fraction of sp³-hybridized carbons (Fsp3) is 0.485. The molecule has 1 aromatic heterocycles. The van der Waals surface area contributed by atoms with E-state index in [2.05, 4.69) is 10.3 Å². The fourth-order valence-electron chi connectivity index (χ4n) is 7.06. The molecule has 1 aliphatic carbocycles. The zero-order valence-corrected chi connectivity index (χ0v) is 25.7. The van der Waals surface area contributed by atoms with Crippen LogP contribution in [0.25, 0.3) is 0 Å². The van der Waals surface area contributed by atoms with Crippen LogP contribution < -0.4 is 4.74 Å². The van der Waals surface area contributed by atoms with Crippen molar-refractivity contribution in [3.05, 3.63) is 76.1 Å². The zero-order valence-electron chi connectivity index (χ0n) is 25.7. The summed E-state index contributed by atoms with van der Waals surface area (Å²) in [5, 5.41) is 18.1. The van der Waals surface area contributed by atoms with Gasteiger partial charge in [-0.2, -0.15) is 13.2 Å². The first kappa shape index (κ1) is 31.6. The smallest absolute Gasteiger partial charge is 0.416 e. The molecule has 3 aliphatic rings. The first-order chi connectivity index (χ1) is 21.9. The molecule has 2 aromatic carbocycles. The van der Waals surface area contributed by atoms with Crippen LogP contribution in [0.2, 0.25) is 0 Å². The Hall–Kier alpha value is -4.42. The zero-order chi connectivity index (χ0) is 32.7. The van der Waals surface area contributed by atoms with Gasteiger partial charge < -0.3 is 19.6 Å². The molecular formula is C33H36F3N5O5. The number of alkyl halides is 3. The van der Waals surface area contributed by atoms with Crippen LogP contribution in [0.5, 0.6) is 5.75 Å². The molecule has 1 saturated carbocycles. The van der Waals surface area contributed by atoms with E-state index in [-0.39, 0.29) is 61.5 Å². The molecule has 0 spiro atoms. The van der Waals surface area contributed by atoms with Gasteiger partial charge in [-0.25, -0.2) is 4.68 Å². The number of aromatic nitrogens is 3. The van der Waals surface area contributed by atoms with E-state index < -0.39 is 41.5 Å². The second-order valence-corrected chi connectivity index (χ2v) is 12.5. The van der Waals surface area contributed by atoms with E-state index in [0.29, 0.717) is 36.9 Å². The van der Waals surface area contributed by atoms with E-state index in [4.69, 9.17) is 4.74 Å². The summed E-state index contributed by atoms with van der Waals surface area (Å²) in [6, 6.07) is 8.38. The van der Waals surface area contributed by atoms with E-state index in [1.165, 1.54) is 11.0 Å². The molecular weight excluding hydrogens is 603 g/mol. The summed E-state index contributed by atoms with van der Waals surface area (Å²) in [6.07, 6.45) is -0.991. The molecule has 3 atom stereocenters. The van der Waals surface area contributed by atoms with Gasteiger partial charge in [0, 0.05) is 36.8 Å². The molecule has 244 valence electrons. The molecule has 2 unspecified atom stereocenters. The highest BCUT2D eigenvalue weighted by molar-refractivity contribution is 5.98. The number of hydrogen-bond acceptors (Lipinski definition) is 6. The van der Waals surface area contributed by atoms with Crippen LogP contribution >= 0.6 is 0 Å². The van der Waals surface area contributed by atoms with Crippen molar-refractivity contribution in [1.82, 2.24) is 24.8 Å². The molecule has 0 saturated heterocycles. The average molecular weight is 640 g/mol. The minimum atomic E-state index is -4.67. The van der Waals surface area contributed by atoms with Crippen LogP contribution in [0, 0.1) is 11.8 Å². The number of carbonyl (C=O) groups excluding carboxylic acids is 2. The predicted octanol–water partition coefficient (Wildman–Crippen LogP) is 5.43. The number of nitrogens with zero attached hydrogens (tertiary/aromatic N) is 5. The summed E-state index contributed by atoms with van der Waals surface area (Å²) in [5.74, 6) is -3.32. The lowest BCUT2D eigenvalue weighted by atomic mass is 9.77. The van der Waals surface area contributed by atoms with Crippen molar-refractivity contribution in [3.8, 4) is 5.75 Å². The van der Waals surface area contributed by atoms with Gasteiger partial charge in [-0.3, -0.25) is 14.4 Å². The van der Waals surface area contributed by atoms with Gasteiger partial charge >= 0.3 is 12.1 Å². The minimum absolute atomic E-state index is 0.00692. The molecule has 3 aromatic rings. The number of aliphatic carboxylic acids is 1. The van der Waals surface area contributed by atoms with Gasteiger partial charge in [0.2, 0.25) is 5.91 Å². The van der Waals surface area contributed by atoms with Crippen LogP contribution in [-0.2, 0) is 35.3 Å². The maximum Gasteiger partial charge on any atom is 0.416 e. The van der Waals surface area contributed by atoms with E-state index in [1.54, 1.807) is 27.9 Å². The number of ether oxygens (including phenoxy) is 1. The highest BCUT2D eigenvalue weighted by Gasteiger charge is 2.46. The Balaban J connectivity index is 1.42. The van der Waals surface area contributed by atoms with Gasteiger partial charge in [0.1, 0.15) is 18.1 Å². The number of amides is 2. The molecule has 13 heteroatoms. The molecule has 46 heavy (non-hydrogen) atoms. The Morgan fingerprint density at radius 1 is 1.09 bits per heavy atom. The van der Waals surface area contributed by atoms with Crippen molar-refractivity contribution in [3.63, 3.8) is 0 Å². The van der Waals surface area contributed by atoms with Crippen molar-refractivity contribution < 1.29 is 37.4 Å². The largest absolute Gasteiger partial charge is 0.487 e. The number of benzene rings is 2. The molecule has 0 bridgehead atoms. The summed E-state index contributed by atoms with van der Waals surface area (Å²) in [4.78, 5) is 43.0. The van der Waals surface area contributed by atoms with Gasteiger partial charge in [0.25, 0.3) is 5.91 Å². The quantitative estimate of drug-likeness (QED) is 0.349. The van der Waals surface area contributed by atoms with Crippen LogP contribution in [0.1, 0.15) is 89.9 Å². The Kier molecular flexibility index (Phi) is 8.51. The molecule has 1 fully saturated rings.